The summed E-state index contributed by atoms with van der Waals surface area (Å²) in [4.78, 5) is 12.2. The van der Waals surface area contributed by atoms with E-state index in [1.54, 1.807) is 6.92 Å². The van der Waals surface area contributed by atoms with Crippen molar-refractivity contribution < 1.29 is 15.0 Å². The number of rotatable bonds is 1. The van der Waals surface area contributed by atoms with Gasteiger partial charge in [-0.05, 0) is 19.3 Å². The van der Waals surface area contributed by atoms with Crippen LogP contribution in [0.2, 0.25) is 0 Å². The molecule has 0 aromatic heterocycles. The van der Waals surface area contributed by atoms with E-state index in [0.717, 1.165) is 0 Å². The Kier molecular flexibility index (Phi) is 2.52. The summed E-state index contributed by atoms with van der Waals surface area (Å²) in [5.74, 6) is 0.255. The molecule has 1 fully saturated rings. The molecule has 4 heteroatoms. The summed E-state index contributed by atoms with van der Waals surface area (Å²) in [5, 5.41) is 18.6. The molecule has 0 aromatic rings. The highest BCUT2D eigenvalue weighted by Crippen LogP contribution is 2.30. The van der Waals surface area contributed by atoms with Gasteiger partial charge in [-0.2, -0.15) is 0 Å². The smallest absolute Gasteiger partial charge is 0.407 e. The van der Waals surface area contributed by atoms with E-state index in [1.165, 1.54) is 4.90 Å². The fourth-order valence-electron chi connectivity index (χ4n) is 1.91. The van der Waals surface area contributed by atoms with Crippen LogP contribution in [0.5, 0.6) is 0 Å². The molecule has 0 bridgehead atoms. The molecule has 0 spiro atoms. The monoisotopic (exact) mass is 187 g/mol. The van der Waals surface area contributed by atoms with Crippen molar-refractivity contribution in [1.29, 1.82) is 0 Å². The highest BCUT2D eigenvalue weighted by molar-refractivity contribution is 5.66. The fraction of sp³-hybridized carbons (Fsp3) is 0.889. The summed E-state index contributed by atoms with van der Waals surface area (Å²) in [6.45, 7) is 5.86. The number of carbonyl (C=O) groups is 1. The molecular weight excluding hydrogens is 170 g/mol. The second kappa shape index (κ2) is 3.18. The van der Waals surface area contributed by atoms with Gasteiger partial charge in [0, 0.05) is 6.04 Å². The van der Waals surface area contributed by atoms with Crippen LogP contribution in [0.25, 0.3) is 0 Å². The van der Waals surface area contributed by atoms with E-state index in [1.807, 2.05) is 13.8 Å². The summed E-state index contributed by atoms with van der Waals surface area (Å²) < 4.78 is 0. The molecule has 0 aliphatic carbocycles. The molecule has 76 valence electrons. The van der Waals surface area contributed by atoms with Crippen molar-refractivity contribution in [3.8, 4) is 0 Å². The molecule has 1 amide bonds. The van der Waals surface area contributed by atoms with E-state index in [0.29, 0.717) is 6.42 Å². The Morgan fingerprint density at radius 3 is 2.46 bits per heavy atom. The second-order valence-corrected chi connectivity index (χ2v) is 4.42. The number of hydrogen-bond acceptors (Lipinski definition) is 2. The Labute approximate surface area is 78.2 Å². The fourth-order valence-corrected chi connectivity index (χ4v) is 1.91. The standard InChI is InChI=1S/C9H17NO3/c1-6(2)7-4-9(3,13)5-10(7)8(11)12/h6-7,13H,4-5H2,1-3H3,(H,11,12)/t7-,9?/m0/s1. The predicted molar refractivity (Wildman–Crippen MR) is 48.6 cm³/mol. The number of hydrogen-bond donors (Lipinski definition) is 2. The van der Waals surface area contributed by atoms with Gasteiger partial charge in [-0.1, -0.05) is 13.8 Å². The van der Waals surface area contributed by atoms with Crippen LogP contribution in [0, 0.1) is 5.92 Å². The number of amides is 1. The zero-order valence-electron chi connectivity index (χ0n) is 8.32. The largest absolute Gasteiger partial charge is 0.465 e. The third kappa shape index (κ3) is 2.12. The summed E-state index contributed by atoms with van der Waals surface area (Å²) >= 11 is 0. The summed E-state index contributed by atoms with van der Waals surface area (Å²) in [5.41, 5.74) is -0.854. The third-order valence-electron chi connectivity index (χ3n) is 2.58. The molecule has 0 radical (unpaired) electrons. The Balaban J connectivity index is 2.77. The highest BCUT2D eigenvalue weighted by Gasteiger charge is 2.42. The number of likely N-dealkylation sites (tertiary alicyclic amines) is 1. The van der Waals surface area contributed by atoms with Crippen LogP contribution in [-0.2, 0) is 0 Å². The second-order valence-electron chi connectivity index (χ2n) is 4.42. The Hall–Kier alpha value is -0.770. The van der Waals surface area contributed by atoms with Crippen molar-refractivity contribution in [2.45, 2.75) is 38.8 Å². The Bertz CT molecular complexity index is 213. The van der Waals surface area contributed by atoms with Crippen molar-refractivity contribution in [2.75, 3.05) is 6.54 Å². The molecule has 1 aliphatic rings. The highest BCUT2D eigenvalue weighted by atomic mass is 16.4. The maximum atomic E-state index is 10.8. The maximum Gasteiger partial charge on any atom is 0.407 e. The van der Waals surface area contributed by atoms with Gasteiger partial charge in [0.1, 0.15) is 0 Å². The van der Waals surface area contributed by atoms with E-state index in [2.05, 4.69) is 0 Å². The topological polar surface area (TPSA) is 60.8 Å². The van der Waals surface area contributed by atoms with Gasteiger partial charge in [-0.3, -0.25) is 0 Å². The molecule has 1 rings (SSSR count). The first-order chi connectivity index (χ1) is 5.83. The predicted octanol–water partition coefficient (Wildman–Crippen LogP) is 1.15. The Morgan fingerprint density at radius 2 is 2.15 bits per heavy atom. The first-order valence-electron chi connectivity index (χ1n) is 4.55. The van der Waals surface area contributed by atoms with Crippen LogP contribution in [0.15, 0.2) is 0 Å². The molecule has 4 nitrogen and oxygen atoms in total. The SMILES string of the molecule is CC(C)[C@@H]1CC(C)(O)CN1C(=O)O. The van der Waals surface area contributed by atoms with E-state index in [4.69, 9.17) is 5.11 Å². The molecule has 2 atom stereocenters. The lowest BCUT2D eigenvalue weighted by Crippen LogP contribution is -2.38. The van der Waals surface area contributed by atoms with E-state index in [9.17, 15) is 9.90 Å². The Morgan fingerprint density at radius 1 is 1.62 bits per heavy atom. The molecule has 13 heavy (non-hydrogen) atoms. The minimum Gasteiger partial charge on any atom is -0.465 e. The van der Waals surface area contributed by atoms with Crippen LogP contribution in [0.4, 0.5) is 4.79 Å². The number of nitrogens with zero attached hydrogens (tertiary/aromatic N) is 1. The minimum absolute atomic E-state index is 0.0486. The number of aliphatic hydroxyl groups is 1. The summed E-state index contributed by atoms with van der Waals surface area (Å²) in [6, 6.07) is -0.0486. The van der Waals surface area contributed by atoms with Crippen molar-refractivity contribution in [3.05, 3.63) is 0 Å². The third-order valence-corrected chi connectivity index (χ3v) is 2.58. The molecule has 0 saturated carbocycles. The molecule has 1 unspecified atom stereocenters. The van der Waals surface area contributed by atoms with Crippen LogP contribution < -0.4 is 0 Å². The zero-order chi connectivity index (χ0) is 10.2. The van der Waals surface area contributed by atoms with Crippen molar-refractivity contribution in [2.24, 2.45) is 5.92 Å². The number of carboxylic acid groups (broad SMARTS) is 1. The van der Waals surface area contributed by atoms with Crippen LogP contribution in [0.3, 0.4) is 0 Å². The molecule has 1 saturated heterocycles. The average molecular weight is 187 g/mol. The minimum atomic E-state index is -0.934. The lowest BCUT2D eigenvalue weighted by Gasteiger charge is -2.23. The van der Waals surface area contributed by atoms with Gasteiger partial charge in [-0.25, -0.2) is 4.79 Å². The molecule has 2 N–H and O–H groups in total. The maximum absolute atomic E-state index is 10.8. The first kappa shape index (κ1) is 10.3. The summed E-state index contributed by atoms with van der Waals surface area (Å²) in [6.07, 6.45) is -0.395. The quantitative estimate of drug-likeness (QED) is 0.647. The normalized spacial score (nSPS) is 34.2. The van der Waals surface area contributed by atoms with Gasteiger partial charge >= 0.3 is 6.09 Å². The van der Waals surface area contributed by atoms with E-state index in [-0.39, 0.29) is 18.5 Å². The van der Waals surface area contributed by atoms with Gasteiger partial charge in [0.15, 0.2) is 0 Å². The van der Waals surface area contributed by atoms with Gasteiger partial charge in [0.05, 0.1) is 12.1 Å². The van der Waals surface area contributed by atoms with Gasteiger partial charge in [-0.15, -0.1) is 0 Å². The number of β-amino-alcohol motifs (C(OH)–C–C–N with tert-alkyl or cyclic N) is 1. The average Bonchev–Trinajstić information content (AvgIpc) is 2.26. The van der Waals surface area contributed by atoms with Crippen LogP contribution >= 0.6 is 0 Å². The van der Waals surface area contributed by atoms with Gasteiger partial charge < -0.3 is 15.1 Å². The van der Waals surface area contributed by atoms with Crippen LogP contribution in [0.1, 0.15) is 27.2 Å². The molecule has 1 aliphatic heterocycles. The van der Waals surface area contributed by atoms with Crippen molar-refractivity contribution in [3.63, 3.8) is 0 Å². The lowest BCUT2D eigenvalue weighted by molar-refractivity contribution is 0.0672. The van der Waals surface area contributed by atoms with Gasteiger partial charge in [0.2, 0.25) is 0 Å². The molecular formula is C9H17NO3. The first-order valence-corrected chi connectivity index (χ1v) is 4.55. The van der Waals surface area contributed by atoms with Crippen molar-refractivity contribution >= 4 is 6.09 Å². The molecule has 1 heterocycles. The van der Waals surface area contributed by atoms with Gasteiger partial charge in [0.25, 0.3) is 0 Å². The summed E-state index contributed by atoms with van der Waals surface area (Å²) in [7, 11) is 0. The van der Waals surface area contributed by atoms with Crippen LogP contribution in [-0.4, -0.2) is 39.4 Å². The lowest BCUT2D eigenvalue weighted by atomic mass is 9.96. The van der Waals surface area contributed by atoms with E-state index < -0.39 is 11.7 Å². The van der Waals surface area contributed by atoms with Crippen molar-refractivity contribution in [1.82, 2.24) is 4.90 Å². The zero-order valence-corrected chi connectivity index (χ0v) is 8.32. The van der Waals surface area contributed by atoms with E-state index >= 15 is 0 Å². The molecule has 0 aromatic carbocycles.